The Bertz CT molecular complexity index is 475. The van der Waals surface area contributed by atoms with Gasteiger partial charge in [-0.1, -0.05) is 0 Å². The van der Waals surface area contributed by atoms with Gasteiger partial charge < -0.3 is 9.31 Å². The Hall–Kier alpha value is -1.15. The minimum Gasteiger partial charge on any atom is -0.398 e. The van der Waals surface area contributed by atoms with E-state index in [0.29, 0.717) is 6.20 Å². The normalized spacial score (nSPS) is 21.7. The van der Waals surface area contributed by atoms with Gasteiger partial charge in [-0.15, -0.1) is 0 Å². The number of alkyl halides is 3. The third-order valence-electron chi connectivity index (χ3n) is 3.44. The minimum absolute atomic E-state index is 0.0217. The second-order valence-corrected chi connectivity index (χ2v) is 5.42. The molecule has 2 rings (SSSR count). The van der Waals surface area contributed by atoms with Gasteiger partial charge in [0.25, 0.3) is 0 Å². The average molecular weight is 274 g/mol. The zero-order valence-corrected chi connectivity index (χ0v) is 11.1. The van der Waals surface area contributed by atoms with Crippen LogP contribution in [-0.2, 0) is 15.5 Å². The summed E-state index contributed by atoms with van der Waals surface area (Å²) in [6.07, 6.45) is -2.64. The lowest BCUT2D eigenvalue weighted by Crippen LogP contribution is -2.41. The van der Waals surface area contributed by atoms with Crippen LogP contribution in [0.5, 0.6) is 0 Å². The van der Waals surface area contributed by atoms with Crippen LogP contribution in [0.3, 0.4) is 0 Å². The van der Waals surface area contributed by atoms with Gasteiger partial charge in [0.15, 0.2) is 5.69 Å². The van der Waals surface area contributed by atoms with E-state index in [0.717, 1.165) is 0 Å². The van der Waals surface area contributed by atoms with E-state index in [1.807, 2.05) is 27.7 Å². The predicted octanol–water partition coefficient (Wildman–Crippen LogP) is 1.79. The second kappa shape index (κ2) is 4.18. The van der Waals surface area contributed by atoms with Crippen LogP contribution < -0.4 is 5.59 Å². The Kier molecular flexibility index (Phi) is 3.14. The quantitative estimate of drug-likeness (QED) is 0.732. The van der Waals surface area contributed by atoms with Gasteiger partial charge in [-0.3, -0.25) is 4.98 Å². The molecule has 0 aromatic carbocycles. The van der Waals surface area contributed by atoms with Crippen LogP contribution in [-0.4, -0.2) is 28.3 Å². The van der Waals surface area contributed by atoms with Gasteiger partial charge in [-0.05, 0) is 27.7 Å². The molecule has 0 atom stereocenters. The summed E-state index contributed by atoms with van der Waals surface area (Å²) in [6.45, 7) is 7.25. The third kappa shape index (κ3) is 2.60. The maximum atomic E-state index is 12.6. The molecule has 0 bridgehead atoms. The van der Waals surface area contributed by atoms with E-state index in [1.165, 1.54) is 6.20 Å². The summed E-state index contributed by atoms with van der Waals surface area (Å²) in [5.41, 5.74) is -2.30. The molecule has 104 valence electrons. The average Bonchev–Trinajstić information content (AvgIpc) is 2.47. The molecule has 1 aromatic rings. The van der Waals surface area contributed by atoms with Crippen LogP contribution in [0.1, 0.15) is 33.4 Å². The highest BCUT2D eigenvalue weighted by Gasteiger charge is 2.52. The molecule has 1 aliphatic heterocycles. The number of halogens is 3. The van der Waals surface area contributed by atoms with Crippen molar-refractivity contribution in [2.24, 2.45) is 0 Å². The monoisotopic (exact) mass is 274 g/mol. The molecule has 0 amide bonds. The van der Waals surface area contributed by atoms with Crippen molar-refractivity contribution in [2.75, 3.05) is 0 Å². The maximum Gasteiger partial charge on any atom is 0.516 e. The molecule has 2 heterocycles. The van der Waals surface area contributed by atoms with Gasteiger partial charge in [-0.25, -0.2) is 4.98 Å². The van der Waals surface area contributed by atoms with Crippen molar-refractivity contribution >= 4 is 12.7 Å². The van der Waals surface area contributed by atoms with Gasteiger partial charge in [0.2, 0.25) is 0 Å². The van der Waals surface area contributed by atoms with E-state index in [2.05, 4.69) is 9.97 Å². The Morgan fingerprint density at radius 2 is 1.58 bits per heavy atom. The van der Waals surface area contributed by atoms with Gasteiger partial charge in [0.05, 0.1) is 23.0 Å². The predicted molar refractivity (Wildman–Crippen MR) is 62.8 cm³/mol. The lowest BCUT2D eigenvalue weighted by Gasteiger charge is -2.32. The van der Waals surface area contributed by atoms with Crippen molar-refractivity contribution in [1.82, 2.24) is 9.97 Å². The molecule has 0 unspecified atom stereocenters. The van der Waals surface area contributed by atoms with Gasteiger partial charge in [-0.2, -0.15) is 13.2 Å². The number of hydrogen-bond acceptors (Lipinski definition) is 4. The molecule has 8 heteroatoms. The van der Waals surface area contributed by atoms with Gasteiger partial charge >= 0.3 is 13.3 Å². The van der Waals surface area contributed by atoms with E-state index < -0.39 is 30.2 Å². The minimum atomic E-state index is -4.54. The highest BCUT2D eigenvalue weighted by Crippen LogP contribution is 2.36. The van der Waals surface area contributed by atoms with Crippen molar-refractivity contribution in [3.63, 3.8) is 0 Å². The summed E-state index contributed by atoms with van der Waals surface area (Å²) < 4.78 is 49.0. The van der Waals surface area contributed by atoms with Crippen molar-refractivity contribution in [1.29, 1.82) is 0 Å². The molecule has 1 aliphatic rings. The smallest absolute Gasteiger partial charge is 0.398 e. The molecule has 0 radical (unpaired) electrons. The second-order valence-electron chi connectivity index (χ2n) is 5.42. The van der Waals surface area contributed by atoms with E-state index in [1.54, 1.807) is 0 Å². The van der Waals surface area contributed by atoms with E-state index in [-0.39, 0.29) is 5.59 Å². The van der Waals surface area contributed by atoms with E-state index in [9.17, 15) is 13.2 Å². The van der Waals surface area contributed by atoms with Gasteiger partial charge in [0, 0.05) is 6.20 Å². The zero-order valence-electron chi connectivity index (χ0n) is 11.1. The first-order valence-corrected chi connectivity index (χ1v) is 5.78. The summed E-state index contributed by atoms with van der Waals surface area (Å²) in [5.74, 6) is 0. The van der Waals surface area contributed by atoms with Crippen LogP contribution in [0.2, 0.25) is 0 Å². The van der Waals surface area contributed by atoms with Crippen LogP contribution in [0.4, 0.5) is 13.2 Å². The SMILES string of the molecule is CC1(C)OB(c2cncc(C(F)(F)F)n2)OC1(C)C. The molecule has 4 nitrogen and oxygen atoms in total. The fraction of sp³-hybridized carbons (Fsp3) is 0.636. The first-order valence-electron chi connectivity index (χ1n) is 5.78. The van der Waals surface area contributed by atoms with Crippen LogP contribution in [0.25, 0.3) is 0 Å². The largest absolute Gasteiger partial charge is 0.516 e. The van der Waals surface area contributed by atoms with Crippen LogP contribution >= 0.6 is 0 Å². The van der Waals surface area contributed by atoms with Crippen molar-refractivity contribution in [3.05, 3.63) is 18.1 Å². The van der Waals surface area contributed by atoms with E-state index >= 15 is 0 Å². The summed E-state index contributed by atoms with van der Waals surface area (Å²) in [6, 6.07) is 0. The Labute approximate surface area is 109 Å². The first-order chi connectivity index (χ1) is 8.53. The molecule has 0 saturated carbocycles. The van der Waals surface area contributed by atoms with Crippen LogP contribution in [0, 0.1) is 0 Å². The molecular weight excluding hydrogens is 260 g/mol. The molecule has 0 aliphatic carbocycles. The van der Waals surface area contributed by atoms with E-state index in [4.69, 9.17) is 9.31 Å². The summed E-state index contributed by atoms with van der Waals surface area (Å²) in [5, 5.41) is 0. The lowest BCUT2D eigenvalue weighted by molar-refractivity contribution is -0.141. The highest BCUT2D eigenvalue weighted by molar-refractivity contribution is 6.61. The van der Waals surface area contributed by atoms with Crippen LogP contribution in [0.15, 0.2) is 12.4 Å². The molecule has 1 fully saturated rings. The molecule has 1 aromatic heterocycles. The molecule has 0 N–H and O–H groups in total. The van der Waals surface area contributed by atoms with Crippen molar-refractivity contribution < 1.29 is 22.5 Å². The third-order valence-corrected chi connectivity index (χ3v) is 3.44. The van der Waals surface area contributed by atoms with Crippen molar-refractivity contribution in [2.45, 2.75) is 45.1 Å². The number of rotatable bonds is 1. The molecule has 0 spiro atoms. The standard InChI is InChI=1S/C11H14BF3N2O2/c1-9(2)10(3,4)19-12(18-9)8-6-16-5-7(17-8)11(13,14)15/h5-6H,1-4H3. The fourth-order valence-electron chi connectivity index (χ4n) is 1.60. The summed E-state index contributed by atoms with van der Waals surface area (Å²) in [4.78, 5) is 7.07. The lowest BCUT2D eigenvalue weighted by atomic mass is 9.85. The molecule has 1 saturated heterocycles. The topological polar surface area (TPSA) is 44.2 Å². The molecular formula is C11H14BF3N2O2. The highest BCUT2D eigenvalue weighted by atomic mass is 19.4. The Morgan fingerprint density at radius 3 is 2.05 bits per heavy atom. The van der Waals surface area contributed by atoms with Crippen molar-refractivity contribution in [3.8, 4) is 0 Å². The fourth-order valence-corrected chi connectivity index (χ4v) is 1.60. The first kappa shape index (κ1) is 14.3. The number of nitrogens with zero attached hydrogens (tertiary/aromatic N) is 2. The number of aromatic nitrogens is 2. The summed E-state index contributed by atoms with van der Waals surface area (Å²) >= 11 is 0. The Balaban J connectivity index is 2.30. The maximum absolute atomic E-state index is 12.6. The van der Waals surface area contributed by atoms with Gasteiger partial charge in [0.1, 0.15) is 0 Å². The number of hydrogen-bond donors (Lipinski definition) is 0. The Morgan fingerprint density at radius 1 is 1.05 bits per heavy atom. The zero-order chi connectivity index (χ0) is 14.5. The molecule has 19 heavy (non-hydrogen) atoms. The summed E-state index contributed by atoms with van der Waals surface area (Å²) in [7, 11) is -0.945.